The second-order valence-electron chi connectivity index (χ2n) is 4.20. The van der Waals surface area contributed by atoms with Crippen LogP contribution in [0.1, 0.15) is 15.9 Å². The predicted molar refractivity (Wildman–Crippen MR) is 76.3 cm³/mol. The Labute approximate surface area is 116 Å². The Morgan fingerprint density at radius 1 is 1.26 bits per heavy atom. The first-order valence-corrected chi connectivity index (χ1v) is 7.20. The molecule has 0 aliphatic carbocycles. The average molecular weight is 277 g/mol. The number of aliphatic carboxylic acids is 1. The SMILES string of the molecule is O=C(O)C=Cc1cccc(C(=O)N2CCSCC2)c1. The zero-order valence-corrected chi connectivity index (χ0v) is 11.2. The zero-order valence-electron chi connectivity index (χ0n) is 10.4. The largest absolute Gasteiger partial charge is 0.478 e. The van der Waals surface area contributed by atoms with E-state index in [1.807, 2.05) is 16.7 Å². The Morgan fingerprint density at radius 2 is 2.00 bits per heavy atom. The highest BCUT2D eigenvalue weighted by atomic mass is 32.2. The van der Waals surface area contributed by atoms with E-state index >= 15 is 0 Å². The fourth-order valence-electron chi connectivity index (χ4n) is 1.89. The van der Waals surface area contributed by atoms with Gasteiger partial charge in [0.25, 0.3) is 5.91 Å². The number of carboxylic acids is 1. The summed E-state index contributed by atoms with van der Waals surface area (Å²) < 4.78 is 0. The second-order valence-corrected chi connectivity index (χ2v) is 5.43. The van der Waals surface area contributed by atoms with Crippen molar-refractivity contribution in [3.63, 3.8) is 0 Å². The Morgan fingerprint density at radius 3 is 2.68 bits per heavy atom. The van der Waals surface area contributed by atoms with E-state index in [1.165, 1.54) is 6.08 Å². The summed E-state index contributed by atoms with van der Waals surface area (Å²) in [5, 5.41) is 8.59. The van der Waals surface area contributed by atoms with Crippen molar-refractivity contribution in [2.45, 2.75) is 0 Å². The van der Waals surface area contributed by atoms with Crippen LogP contribution in [-0.4, -0.2) is 46.5 Å². The minimum absolute atomic E-state index is 0.0193. The molecule has 1 aromatic rings. The summed E-state index contributed by atoms with van der Waals surface area (Å²) in [6.45, 7) is 1.55. The number of benzene rings is 1. The van der Waals surface area contributed by atoms with E-state index < -0.39 is 5.97 Å². The molecule has 0 spiro atoms. The maximum atomic E-state index is 12.3. The molecule has 1 aromatic carbocycles. The van der Waals surface area contributed by atoms with Crippen molar-refractivity contribution in [2.75, 3.05) is 24.6 Å². The lowest BCUT2D eigenvalue weighted by atomic mass is 10.1. The summed E-state index contributed by atoms with van der Waals surface area (Å²) in [7, 11) is 0. The molecule has 100 valence electrons. The van der Waals surface area contributed by atoms with E-state index in [0.29, 0.717) is 5.56 Å². The number of hydrogen-bond acceptors (Lipinski definition) is 3. The van der Waals surface area contributed by atoms with Gasteiger partial charge in [-0.2, -0.15) is 11.8 Å². The molecule has 0 saturated carbocycles. The van der Waals surface area contributed by atoms with Crippen molar-refractivity contribution in [2.24, 2.45) is 0 Å². The third-order valence-electron chi connectivity index (χ3n) is 2.85. The number of nitrogens with zero attached hydrogens (tertiary/aromatic N) is 1. The first-order valence-electron chi connectivity index (χ1n) is 6.05. The Kier molecular flexibility index (Phi) is 4.63. The van der Waals surface area contributed by atoms with E-state index in [1.54, 1.807) is 24.3 Å². The van der Waals surface area contributed by atoms with Crippen molar-refractivity contribution in [3.05, 3.63) is 41.5 Å². The third-order valence-corrected chi connectivity index (χ3v) is 3.79. The first-order chi connectivity index (χ1) is 9.16. The van der Waals surface area contributed by atoms with E-state index in [9.17, 15) is 9.59 Å². The van der Waals surface area contributed by atoms with Crippen LogP contribution in [-0.2, 0) is 4.79 Å². The zero-order chi connectivity index (χ0) is 13.7. The molecular formula is C14H15NO3S. The molecule has 0 atom stereocenters. The van der Waals surface area contributed by atoms with E-state index in [2.05, 4.69) is 0 Å². The molecule has 0 unspecified atom stereocenters. The van der Waals surface area contributed by atoms with Gasteiger partial charge in [0.05, 0.1) is 0 Å². The van der Waals surface area contributed by atoms with Crippen LogP contribution < -0.4 is 0 Å². The molecule has 1 aliphatic rings. The molecule has 1 N–H and O–H groups in total. The van der Waals surface area contributed by atoms with Gasteiger partial charge in [-0.3, -0.25) is 4.79 Å². The highest BCUT2D eigenvalue weighted by Gasteiger charge is 2.18. The monoisotopic (exact) mass is 277 g/mol. The van der Waals surface area contributed by atoms with Gasteiger partial charge in [0.1, 0.15) is 0 Å². The summed E-state index contributed by atoms with van der Waals surface area (Å²) in [4.78, 5) is 24.6. The van der Waals surface area contributed by atoms with Crippen LogP contribution in [0.4, 0.5) is 0 Å². The molecule has 5 heteroatoms. The minimum Gasteiger partial charge on any atom is -0.478 e. The van der Waals surface area contributed by atoms with Gasteiger partial charge in [-0.15, -0.1) is 0 Å². The fraction of sp³-hybridized carbons (Fsp3) is 0.286. The number of carbonyl (C=O) groups excluding carboxylic acids is 1. The topological polar surface area (TPSA) is 57.6 Å². The summed E-state index contributed by atoms with van der Waals surface area (Å²) in [5.41, 5.74) is 1.33. The number of carbonyl (C=O) groups is 2. The normalized spacial score (nSPS) is 15.7. The number of hydrogen-bond donors (Lipinski definition) is 1. The van der Waals surface area contributed by atoms with E-state index in [4.69, 9.17) is 5.11 Å². The Balaban J connectivity index is 2.13. The maximum Gasteiger partial charge on any atom is 0.328 e. The van der Waals surface area contributed by atoms with Gasteiger partial charge >= 0.3 is 5.97 Å². The lowest BCUT2D eigenvalue weighted by Crippen LogP contribution is -2.37. The number of carboxylic acid groups (broad SMARTS) is 1. The van der Waals surface area contributed by atoms with Crippen LogP contribution in [0.15, 0.2) is 30.3 Å². The molecule has 1 amide bonds. The highest BCUT2D eigenvalue weighted by Crippen LogP contribution is 2.14. The quantitative estimate of drug-likeness (QED) is 0.858. The van der Waals surface area contributed by atoms with Gasteiger partial charge in [0.2, 0.25) is 0 Å². The standard InChI is InChI=1S/C14H15NO3S/c16-13(17)5-4-11-2-1-3-12(10-11)14(18)15-6-8-19-9-7-15/h1-5,10H,6-9H2,(H,16,17). The van der Waals surface area contributed by atoms with Gasteiger partial charge in [-0.25, -0.2) is 4.79 Å². The van der Waals surface area contributed by atoms with Crippen LogP contribution >= 0.6 is 11.8 Å². The fourth-order valence-corrected chi connectivity index (χ4v) is 2.79. The average Bonchev–Trinajstić information content (AvgIpc) is 2.45. The van der Waals surface area contributed by atoms with Crippen molar-refractivity contribution in [1.29, 1.82) is 0 Å². The maximum absolute atomic E-state index is 12.3. The van der Waals surface area contributed by atoms with Crippen LogP contribution in [0.2, 0.25) is 0 Å². The van der Waals surface area contributed by atoms with Crippen molar-refractivity contribution >= 4 is 29.7 Å². The molecule has 1 saturated heterocycles. The number of amides is 1. The van der Waals surface area contributed by atoms with Crippen molar-refractivity contribution in [1.82, 2.24) is 4.90 Å². The summed E-state index contributed by atoms with van der Waals surface area (Å²) in [6.07, 6.45) is 2.56. The molecule has 1 fully saturated rings. The molecule has 4 nitrogen and oxygen atoms in total. The molecule has 19 heavy (non-hydrogen) atoms. The van der Waals surface area contributed by atoms with Gasteiger partial charge in [0.15, 0.2) is 0 Å². The molecule has 0 radical (unpaired) electrons. The van der Waals surface area contributed by atoms with Crippen LogP contribution in [0.5, 0.6) is 0 Å². The number of rotatable bonds is 3. The lowest BCUT2D eigenvalue weighted by Gasteiger charge is -2.26. The summed E-state index contributed by atoms with van der Waals surface area (Å²) in [5.74, 6) is 0.977. The number of thioether (sulfide) groups is 1. The summed E-state index contributed by atoms with van der Waals surface area (Å²) >= 11 is 1.86. The van der Waals surface area contributed by atoms with Crippen molar-refractivity contribution in [3.8, 4) is 0 Å². The summed E-state index contributed by atoms with van der Waals surface area (Å²) in [6, 6.07) is 7.04. The molecule has 2 rings (SSSR count). The molecule has 0 bridgehead atoms. The van der Waals surface area contributed by atoms with E-state index in [0.717, 1.165) is 36.2 Å². The first kappa shape index (κ1) is 13.7. The Bertz CT molecular complexity index is 507. The van der Waals surface area contributed by atoms with Gasteiger partial charge in [-0.05, 0) is 23.8 Å². The van der Waals surface area contributed by atoms with Gasteiger partial charge in [0, 0.05) is 36.2 Å². The van der Waals surface area contributed by atoms with E-state index in [-0.39, 0.29) is 5.91 Å². The highest BCUT2D eigenvalue weighted by molar-refractivity contribution is 7.99. The van der Waals surface area contributed by atoms with Crippen LogP contribution in [0.25, 0.3) is 6.08 Å². The minimum atomic E-state index is -0.996. The molecular weight excluding hydrogens is 262 g/mol. The Hall–Kier alpha value is -1.75. The van der Waals surface area contributed by atoms with Gasteiger partial charge < -0.3 is 10.0 Å². The van der Waals surface area contributed by atoms with Crippen molar-refractivity contribution < 1.29 is 14.7 Å². The van der Waals surface area contributed by atoms with Gasteiger partial charge in [-0.1, -0.05) is 12.1 Å². The van der Waals surface area contributed by atoms with Crippen LogP contribution in [0, 0.1) is 0 Å². The molecule has 0 aromatic heterocycles. The molecule has 1 aliphatic heterocycles. The molecule has 1 heterocycles. The van der Waals surface area contributed by atoms with Crippen LogP contribution in [0.3, 0.4) is 0 Å². The third kappa shape index (κ3) is 3.86. The second kappa shape index (κ2) is 6.43. The lowest BCUT2D eigenvalue weighted by molar-refractivity contribution is -0.131. The smallest absolute Gasteiger partial charge is 0.328 e. The predicted octanol–water partition coefficient (Wildman–Crippen LogP) is 1.97.